The molecule has 4 heterocycles. The molecule has 32 heavy (non-hydrogen) atoms. The summed E-state index contributed by atoms with van der Waals surface area (Å²) in [5, 5.41) is 6.89. The second-order valence-corrected chi connectivity index (χ2v) is 9.00. The van der Waals surface area contributed by atoms with Gasteiger partial charge in [-0.3, -0.25) is 19.4 Å². The van der Waals surface area contributed by atoms with Gasteiger partial charge in [0.15, 0.2) is 0 Å². The molecule has 1 aliphatic heterocycles. The molecule has 0 unspecified atom stereocenters. The van der Waals surface area contributed by atoms with Gasteiger partial charge in [0.2, 0.25) is 0 Å². The van der Waals surface area contributed by atoms with Gasteiger partial charge in [0.05, 0.1) is 12.1 Å². The van der Waals surface area contributed by atoms with Crippen LogP contribution in [0.4, 0.5) is 0 Å². The van der Waals surface area contributed by atoms with Crippen LogP contribution >= 0.6 is 11.3 Å². The SMILES string of the molecule is O=C(c1cn(Cc2ccccc2)nc1-c1cccnc1)N1CCN(Cc2cccs2)CC1. The van der Waals surface area contributed by atoms with E-state index in [2.05, 4.69) is 39.5 Å². The molecular formula is C25H25N5OS. The van der Waals surface area contributed by atoms with Gasteiger partial charge in [0, 0.05) is 61.8 Å². The van der Waals surface area contributed by atoms with E-state index in [0.717, 1.165) is 43.9 Å². The lowest BCUT2D eigenvalue weighted by atomic mass is 10.1. The smallest absolute Gasteiger partial charge is 0.257 e. The minimum atomic E-state index is 0.0407. The molecule has 3 aromatic heterocycles. The van der Waals surface area contributed by atoms with Crippen LogP contribution in [0.15, 0.2) is 78.6 Å². The lowest BCUT2D eigenvalue weighted by molar-refractivity contribution is 0.0630. The maximum atomic E-state index is 13.5. The van der Waals surface area contributed by atoms with Crippen molar-refractivity contribution in [2.24, 2.45) is 0 Å². The molecule has 7 heteroatoms. The summed E-state index contributed by atoms with van der Waals surface area (Å²) in [5.74, 6) is 0.0407. The summed E-state index contributed by atoms with van der Waals surface area (Å²) in [6.07, 6.45) is 5.39. The molecule has 0 atom stereocenters. The van der Waals surface area contributed by atoms with Crippen LogP contribution < -0.4 is 0 Å². The van der Waals surface area contributed by atoms with Crippen molar-refractivity contribution < 1.29 is 4.79 Å². The summed E-state index contributed by atoms with van der Waals surface area (Å²) in [7, 11) is 0. The van der Waals surface area contributed by atoms with Crippen LogP contribution in [0.1, 0.15) is 20.8 Å². The van der Waals surface area contributed by atoms with E-state index in [-0.39, 0.29) is 5.91 Å². The van der Waals surface area contributed by atoms with Gasteiger partial charge >= 0.3 is 0 Å². The predicted octanol–water partition coefficient (Wildman–Crippen LogP) is 4.01. The van der Waals surface area contributed by atoms with Crippen molar-refractivity contribution in [2.75, 3.05) is 26.2 Å². The number of amides is 1. The summed E-state index contributed by atoms with van der Waals surface area (Å²) >= 11 is 1.78. The van der Waals surface area contributed by atoms with Gasteiger partial charge in [-0.05, 0) is 29.1 Å². The number of pyridine rings is 1. The van der Waals surface area contributed by atoms with E-state index in [1.54, 1.807) is 23.7 Å². The number of hydrogen-bond donors (Lipinski definition) is 0. The Kier molecular flexibility index (Phi) is 6.09. The number of nitrogens with zero attached hydrogens (tertiary/aromatic N) is 5. The number of carbonyl (C=O) groups excluding carboxylic acids is 1. The van der Waals surface area contributed by atoms with Crippen LogP contribution in [0.5, 0.6) is 0 Å². The van der Waals surface area contributed by atoms with Crippen LogP contribution in [0.3, 0.4) is 0 Å². The van der Waals surface area contributed by atoms with Gasteiger partial charge in [-0.2, -0.15) is 5.10 Å². The average molecular weight is 444 g/mol. The van der Waals surface area contributed by atoms with E-state index >= 15 is 0 Å². The highest BCUT2D eigenvalue weighted by Crippen LogP contribution is 2.24. The second kappa shape index (κ2) is 9.46. The van der Waals surface area contributed by atoms with Crippen molar-refractivity contribution >= 4 is 17.2 Å². The van der Waals surface area contributed by atoms with Gasteiger partial charge in [-0.25, -0.2) is 0 Å². The van der Waals surface area contributed by atoms with E-state index in [0.29, 0.717) is 17.8 Å². The minimum Gasteiger partial charge on any atom is -0.336 e. The number of rotatable bonds is 6. The van der Waals surface area contributed by atoms with Gasteiger partial charge in [0.25, 0.3) is 5.91 Å². The Morgan fingerprint density at radius 3 is 2.50 bits per heavy atom. The second-order valence-electron chi connectivity index (χ2n) is 7.96. The zero-order valence-electron chi connectivity index (χ0n) is 17.8. The molecule has 0 spiro atoms. The molecule has 5 rings (SSSR count). The Labute approximate surface area is 191 Å². The summed E-state index contributed by atoms with van der Waals surface area (Å²) in [4.78, 5) is 23.5. The largest absolute Gasteiger partial charge is 0.336 e. The Morgan fingerprint density at radius 2 is 1.78 bits per heavy atom. The van der Waals surface area contributed by atoms with Crippen molar-refractivity contribution in [3.05, 3.63) is 94.6 Å². The molecule has 0 N–H and O–H groups in total. The first-order valence-corrected chi connectivity index (χ1v) is 11.7. The van der Waals surface area contributed by atoms with Crippen molar-refractivity contribution in [3.63, 3.8) is 0 Å². The lowest BCUT2D eigenvalue weighted by Gasteiger charge is -2.34. The van der Waals surface area contributed by atoms with E-state index in [4.69, 9.17) is 5.10 Å². The fraction of sp³-hybridized carbons (Fsp3) is 0.240. The minimum absolute atomic E-state index is 0.0407. The molecule has 1 fully saturated rings. The van der Waals surface area contributed by atoms with Gasteiger partial charge in [-0.1, -0.05) is 36.4 Å². The molecule has 1 aliphatic rings. The Balaban J connectivity index is 1.35. The Bertz CT molecular complexity index is 1150. The summed E-state index contributed by atoms with van der Waals surface area (Å²) in [6, 6.07) is 18.3. The summed E-state index contributed by atoms with van der Waals surface area (Å²) in [6.45, 7) is 4.78. The molecule has 6 nitrogen and oxygen atoms in total. The Hall–Kier alpha value is -3.29. The Morgan fingerprint density at radius 1 is 0.938 bits per heavy atom. The van der Waals surface area contributed by atoms with Crippen LogP contribution in [-0.2, 0) is 13.1 Å². The number of piperazine rings is 1. The molecule has 0 bridgehead atoms. The third-order valence-electron chi connectivity index (χ3n) is 5.73. The third-order valence-corrected chi connectivity index (χ3v) is 6.59. The fourth-order valence-electron chi connectivity index (χ4n) is 4.05. The van der Waals surface area contributed by atoms with Crippen LogP contribution in [0.25, 0.3) is 11.3 Å². The standard InChI is InChI=1S/C25H25N5OS/c31-25(29-13-11-28(12-14-29)18-22-9-5-15-32-22)23-19-30(17-20-6-2-1-3-7-20)27-24(23)21-8-4-10-26-16-21/h1-10,15-16,19H,11-14,17-18H2. The summed E-state index contributed by atoms with van der Waals surface area (Å²) in [5.41, 5.74) is 3.34. The predicted molar refractivity (Wildman–Crippen MR) is 127 cm³/mol. The van der Waals surface area contributed by atoms with Gasteiger partial charge in [0.1, 0.15) is 5.69 Å². The normalized spacial score (nSPS) is 14.6. The average Bonchev–Trinajstić information content (AvgIpc) is 3.50. The maximum absolute atomic E-state index is 13.5. The van der Waals surface area contributed by atoms with Gasteiger partial charge < -0.3 is 4.90 Å². The highest BCUT2D eigenvalue weighted by atomic mass is 32.1. The molecule has 0 radical (unpaired) electrons. The van der Waals surface area contributed by atoms with E-state index < -0.39 is 0 Å². The fourth-order valence-corrected chi connectivity index (χ4v) is 4.79. The molecule has 0 aliphatic carbocycles. The number of benzene rings is 1. The molecule has 162 valence electrons. The van der Waals surface area contributed by atoms with E-state index in [9.17, 15) is 4.79 Å². The van der Waals surface area contributed by atoms with Crippen molar-refractivity contribution in [1.29, 1.82) is 0 Å². The highest BCUT2D eigenvalue weighted by Gasteiger charge is 2.26. The number of hydrogen-bond acceptors (Lipinski definition) is 5. The molecule has 1 amide bonds. The zero-order chi connectivity index (χ0) is 21.8. The van der Waals surface area contributed by atoms with Crippen molar-refractivity contribution in [1.82, 2.24) is 24.6 Å². The summed E-state index contributed by atoms with van der Waals surface area (Å²) < 4.78 is 1.86. The van der Waals surface area contributed by atoms with Crippen LogP contribution in [0.2, 0.25) is 0 Å². The monoisotopic (exact) mass is 443 g/mol. The lowest BCUT2D eigenvalue weighted by Crippen LogP contribution is -2.48. The highest BCUT2D eigenvalue weighted by molar-refractivity contribution is 7.09. The molecule has 0 saturated carbocycles. The van der Waals surface area contributed by atoms with Crippen LogP contribution in [-0.4, -0.2) is 56.7 Å². The topological polar surface area (TPSA) is 54.3 Å². The zero-order valence-corrected chi connectivity index (χ0v) is 18.6. The molecule has 4 aromatic rings. The van der Waals surface area contributed by atoms with Crippen molar-refractivity contribution in [3.8, 4) is 11.3 Å². The first kappa shape index (κ1) is 20.6. The van der Waals surface area contributed by atoms with E-state index in [1.807, 2.05) is 46.1 Å². The van der Waals surface area contributed by atoms with Gasteiger partial charge in [-0.15, -0.1) is 11.3 Å². The first-order chi connectivity index (χ1) is 15.8. The number of carbonyl (C=O) groups is 1. The van der Waals surface area contributed by atoms with E-state index in [1.165, 1.54) is 4.88 Å². The number of aromatic nitrogens is 3. The van der Waals surface area contributed by atoms with Crippen molar-refractivity contribution in [2.45, 2.75) is 13.1 Å². The first-order valence-electron chi connectivity index (χ1n) is 10.8. The molecule has 1 aromatic carbocycles. The van der Waals surface area contributed by atoms with Crippen LogP contribution in [0, 0.1) is 0 Å². The third kappa shape index (κ3) is 4.64. The molecule has 1 saturated heterocycles. The quantitative estimate of drug-likeness (QED) is 0.452. The molecular weight excluding hydrogens is 418 g/mol. The maximum Gasteiger partial charge on any atom is 0.257 e. The number of thiophene rings is 1.